The van der Waals surface area contributed by atoms with Gasteiger partial charge in [-0.15, -0.1) is 30.8 Å². The predicted molar refractivity (Wildman–Crippen MR) is 124 cm³/mol. The van der Waals surface area contributed by atoms with Crippen LogP contribution in [0.25, 0.3) is 16.2 Å². The molecule has 0 amide bonds. The van der Waals surface area contributed by atoms with Crippen LogP contribution in [0.3, 0.4) is 0 Å². The number of benzene rings is 3. The average molecular weight is 462 g/mol. The molecule has 0 spiro atoms. The second-order valence-electron chi connectivity index (χ2n) is 6.12. The van der Waals surface area contributed by atoms with Crippen molar-refractivity contribution in [3.8, 4) is 0 Å². The van der Waals surface area contributed by atoms with Crippen LogP contribution in [0.2, 0.25) is 0 Å². The van der Waals surface area contributed by atoms with Crippen molar-refractivity contribution in [3.63, 3.8) is 0 Å². The molecule has 4 rings (SSSR count). The molecule has 0 aliphatic carbocycles. The average Bonchev–Trinajstić information content (AvgIpc) is 3.12. The minimum Gasteiger partial charge on any atom is -0.665 e. The maximum atomic E-state index is 4.10. The van der Waals surface area contributed by atoms with Crippen molar-refractivity contribution in [2.24, 2.45) is 0 Å². The zero-order valence-electron chi connectivity index (χ0n) is 17.4. The summed E-state index contributed by atoms with van der Waals surface area (Å²) in [6.45, 7) is 8.35. The summed E-state index contributed by atoms with van der Waals surface area (Å²) in [7, 11) is 1.86. The fourth-order valence-electron chi connectivity index (χ4n) is 2.53. The van der Waals surface area contributed by atoms with Crippen LogP contribution in [0.5, 0.6) is 0 Å². The summed E-state index contributed by atoms with van der Waals surface area (Å²) in [6.07, 6.45) is 3.11. The van der Waals surface area contributed by atoms with Crippen molar-refractivity contribution >= 4 is 10.9 Å². The number of rotatable bonds is 3. The Morgan fingerprint density at radius 1 is 0.759 bits per heavy atom. The second kappa shape index (κ2) is 15.7. The van der Waals surface area contributed by atoms with E-state index in [2.05, 4.69) is 48.5 Å². The second-order valence-corrected chi connectivity index (χ2v) is 6.12. The standard InChI is InChI=1S/C11H13N2.2C7H7.CH3.Zr/c1-12-7-6-9-8-13-11-5-3-2-4-10(9)11;2*1-7-5-3-2-4-6-7;;/h2-5,8,13H,6-7H2,1H3;2*2-6H,1H2;1H3;/q4*-1;+4. The molecule has 148 valence electrons. The molecular weight excluding hydrogens is 432 g/mol. The molecule has 0 aliphatic rings. The maximum absolute atomic E-state index is 4.10. The van der Waals surface area contributed by atoms with E-state index in [0.29, 0.717) is 0 Å². The van der Waals surface area contributed by atoms with E-state index in [1.165, 1.54) is 16.5 Å². The number of likely N-dealkylation sites (N-methyl/N-ethyl adjacent to an activating group) is 1. The number of nitrogens with one attached hydrogen (secondary N) is 1. The third-order valence-electron chi connectivity index (χ3n) is 3.97. The smallest absolute Gasteiger partial charge is 0.665 e. The number of aromatic amines is 1. The number of H-pyrrole nitrogens is 1. The van der Waals surface area contributed by atoms with E-state index in [4.69, 9.17) is 0 Å². The van der Waals surface area contributed by atoms with E-state index >= 15 is 0 Å². The minimum atomic E-state index is 0. The topological polar surface area (TPSA) is 29.9 Å². The van der Waals surface area contributed by atoms with Gasteiger partial charge in [0.05, 0.1) is 0 Å². The van der Waals surface area contributed by atoms with Crippen molar-refractivity contribution in [1.29, 1.82) is 0 Å². The van der Waals surface area contributed by atoms with Gasteiger partial charge in [0, 0.05) is 17.1 Å². The normalized spacial score (nSPS) is 9.00. The Labute approximate surface area is 195 Å². The summed E-state index contributed by atoms with van der Waals surface area (Å²) in [6, 6.07) is 28.1. The Kier molecular flexibility index (Phi) is 14.5. The quantitative estimate of drug-likeness (QED) is 0.322. The number of aromatic nitrogens is 1. The van der Waals surface area contributed by atoms with Gasteiger partial charge in [-0.2, -0.15) is 56.3 Å². The van der Waals surface area contributed by atoms with Crippen molar-refractivity contribution < 1.29 is 26.2 Å². The van der Waals surface area contributed by atoms with E-state index in [1.807, 2.05) is 73.8 Å². The summed E-state index contributed by atoms with van der Waals surface area (Å²) in [5.41, 5.74) is 4.72. The van der Waals surface area contributed by atoms with E-state index in [9.17, 15) is 0 Å². The minimum absolute atomic E-state index is 0. The van der Waals surface area contributed by atoms with E-state index in [1.54, 1.807) is 0 Å². The largest absolute Gasteiger partial charge is 4.00 e. The molecule has 0 fully saturated rings. The molecule has 2 nitrogen and oxygen atoms in total. The van der Waals surface area contributed by atoms with Crippen LogP contribution in [-0.2, 0) is 32.6 Å². The summed E-state index contributed by atoms with van der Waals surface area (Å²) >= 11 is 0. The summed E-state index contributed by atoms with van der Waals surface area (Å²) in [5.74, 6) is 0. The summed E-state index contributed by atoms with van der Waals surface area (Å²) < 4.78 is 0. The van der Waals surface area contributed by atoms with Crippen LogP contribution in [-0.4, -0.2) is 18.6 Å². The van der Waals surface area contributed by atoms with Crippen molar-refractivity contribution in [1.82, 2.24) is 4.98 Å². The monoisotopic (exact) mass is 460 g/mol. The SMILES string of the molecule is C[N-]CCc1c[nH]c2ccccc12.[CH2-]c1ccccc1.[CH2-]c1ccccc1.[CH3-].[Zr+4]. The van der Waals surface area contributed by atoms with Crippen molar-refractivity contribution in [2.75, 3.05) is 13.6 Å². The van der Waals surface area contributed by atoms with Crippen LogP contribution in [0.4, 0.5) is 0 Å². The first kappa shape index (κ1) is 26.8. The number of hydrogen-bond donors (Lipinski definition) is 1. The predicted octanol–water partition coefficient (Wildman–Crippen LogP) is 6.90. The molecular formula is C26H30N2Zr. The molecule has 1 N–H and O–H groups in total. The summed E-state index contributed by atoms with van der Waals surface area (Å²) in [4.78, 5) is 3.26. The molecule has 3 aromatic carbocycles. The van der Waals surface area contributed by atoms with Gasteiger partial charge in [-0.25, -0.2) is 0 Å². The van der Waals surface area contributed by atoms with Gasteiger partial charge in [0.2, 0.25) is 0 Å². The van der Waals surface area contributed by atoms with Gasteiger partial charge in [-0.1, -0.05) is 30.3 Å². The van der Waals surface area contributed by atoms with Gasteiger partial charge in [0.15, 0.2) is 0 Å². The molecule has 1 heterocycles. The fraction of sp³-hybridized carbons (Fsp3) is 0.115. The molecule has 3 heteroatoms. The number of nitrogens with zero attached hydrogens (tertiary/aromatic N) is 1. The van der Waals surface area contributed by atoms with Crippen LogP contribution >= 0.6 is 0 Å². The van der Waals surface area contributed by atoms with Gasteiger partial charge >= 0.3 is 26.2 Å². The van der Waals surface area contributed by atoms with Crippen LogP contribution in [0, 0.1) is 21.3 Å². The van der Waals surface area contributed by atoms with Gasteiger partial charge in [0.1, 0.15) is 0 Å². The molecule has 0 aliphatic heterocycles. The van der Waals surface area contributed by atoms with Gasteiger partial charge < -0.3 is 17.7 Å². The van der Waals surface area contributed by atoms with Crippen LogP contribution in [0.1, 0.15) is 16.7 Å². The molecule has 0 saturated heterocycles. The third kappa shape index (κ3) is 10.2. The van der Waals surface area contributed by atoms with Gasteiger partial charge in [-0.3, -0.25) is 0 Å². The Hall–Kier alpha value is -2.22. The van der Waals surface area contributed by atoms with Crippen molar-refractivity contribution in [2.45, 2.75) is 6.42 Å². The van der Waals surface area contributed by atoms with Gasteiger partial charge in [0.25, 0.3) is 0 Å². The zero-order chi connectivity index (χ0) is 19.3. The van der Waals surface area contributed by atoms with E-state index < -0.39 is 0 Å². The van der Waals surface area contributed by atoms with E-state index in [-0.39, 0.29) is 33.6 Å². The van der Waals surface area contributed by atoms with Crippen molar-refractivity contribution in [3.05, 3.63) is 134 Å². The van der Waals surface area contributed by atoms with E-state index in [0.717, 1.165) is 24.1 Å². The summed E-state index contributed by atoms with van der Waals surface area (Å²) in [5, 5.41) is 5.43. The zero-order valence-corrected chi connectivity index (χ0v) is 19.9. The Morgan fingerprint density at radius 2 is 1.24 bits per heavy atom. The Morgan fingerprint density at radius 3 is 1.69 bits per heavy atom. The molecule has 4 aromatic rings. The molecule has 1 aromatic heterocycles. The van der Waals surface area contributed by atoms with Crippen LogP contribution in [0.15, 0.2) is 91.1 Å². The first-order valence-electron chi connectivity index (χ1n) is 9.05. The number of hydrogen-bond acceptors (Lipinski definition) is 0. The molecule has 0 unspecified atom stereocenters. The molecule has 29 heavy (non-hydrogen) atoms. The molecule has 0 atom stereocenters. The first-order valence-corrected chi connectivity index (χ1v) is 9.05. The molecule has 0 radical (unpaired) electrons. The Balaban J connectivity index is 0.000000423. The first-order chi connectivity index (χ1) is 13.2. The number of fused-ring (bicyclic) bond motifs is 1. The maximum Gasteiger partial charge on any atom is 4.00 e. The van der Waals surface area contributed by atoms with Gasteiger partial charge in [-0.05, 0) is 18.1 Å². The van der Waals surface area contributed by atoms with Crippen LogP contribution < -0.4 is 0 Å². The molecule has 0 saturated carbocycles. The fourth-order valence-corrected chi connectivity index (χ4v) is 2.53. The number of para-hydroxylation sites is 1. The molecule has 0 bridgehead atoms. The third-order valence-corrected chi connectivity index (χ3v) is 3.97. The Bertz CT molecular complexity index is 849.